The van der Waals surface area contributed by atoms with E-state index in [-0.39, 0.29) is 0 Å². The molecule has 1 saturated heterocycles. The summed E-state index contributed by atoms with van der Waals surface area (Å²) in [5.74, 6) is 4.81. The van der Waals surface area contributed by atoms with Gasteiger partial charge < -0.3 is 4.57 Å². The first-order valence-corrected chi connectivity index (χ1v) is 9.04. The van der Waals surface area contributed by atoms with Gasteiger partial charge in [-0.2, -0.15) is 11.8 Å². The molecule has 5 heteroatoms. The van der Waals surface area contributed by atoms with Crippen LogP contribution in [-0.4, -0.2) is 21.1 Å². The van der Waals surface area contributed by atoms with E-state index in [2.05, 4.69) is 49.4 Å². The van der Waals surface area contributed by atoms with E-state index in [1.54, 1.807) is 0 Å². The van der Waals surface area contributed by atoms with E-state index in [4.69, 9.17) is 11.6 Å². The molecule has 0 radical (unpaired) electrons. The summed E-state index contributed by atoms with van der Waals surface area (Å²) in [6.07, 6.45) is 2.61. The zero-order chi connectivity index (χ0) is 13.2. The van der Waals surface area contributed by atoms with E-state index in [0.717, 1.165) is 28.3 Å². The molecule has 0 spiro atoms. The maximum atomic E-state index is 6.06. The molecule has 1 aliphatic heterocycles. The van der Waals surface area contributed by atoms with Crippen molar-refractivity contribution in [3.8, 4) is 0 Å². The largest absolute Gasteiger partial charge is 0.327 e. The predicted octanol–water partition coefficient (Wildman–Crippen LogP) is 4.68. The summed E-state index contributed by atoms with van der Waals surface area (Å²) in [5.41, 5.74) is 2.24. The number of halogens is 2. The van der Waals surface area contributed by atoms with Crippen molar-refractivity contribution in [3.63, 3.8) is 0 Å². The number of hydrogen-bond acceptors (Lipinski definition) is 2. The highest BCUT2D eigenvalue weighted by molar-refractivity contribution is 9.10. The van der Waals surface area contributed by atoms with E-state index in [1.165, 1.54) is 29.9 Å². The Morgan fingerprint density at radius 2 is 2.16 bits per heavy atom. The molecule has 0 aliphatic carbocycles. The lowest BCUT2D eigenvalue weighted by molar-refractivity contribution is 0.417. The van der Waals surface area contributed by atoms with Crippen LogP contribution in [0.4, 0.5) is 0 Å². The van der Waals surface area contributed by atoms with Gasteiger partial charge in [0.15, 0.2) is 0 Å². The van der Waals surface area contributed by atoms with Crippen molar-refractivity contribution in [3.05, 3.63) is 28.5 Å². The van der Waals surface area contributed by atoms with Crippen LogP contribution in [0.25, 0.3) is 11.0 Å². The number of nitrogens with zero attached hydrogens (tertiary/aromatic N) is 2. The van der Waals surface area contributed by atoms with Crippen molar-refractivity contribution >= 4 is 50.3 Å². The Kier molecular flexibility index (Phi) is 4.40. The van der Waals surface area contributed by atoms with Crippen LogP contribution < -0.4 is 0 Å². The monoisotopic (exact) mass is 358 g/mol. The Hall–Kier alpha value is -0.190. The maximum Gasteiger partial charge on any atom is 0.124 e. The van der Waals surface area contributed by atoms with Crippen LogP contribution in [0.15, 0.2) is 22.7 Å². The van der Waals surface area contributed by atoms with E-state index < -0.39 is 0 Å². The summed E-state index contributed by atoms with van der Waals surface area (Å²) in [5, 5.41) is 0. The van der Waals surface area contributed by atoms with Crippen LogP contribution in [0, 0.1) is 5.92 Å². The predicted molar refractivity (Wildman–Crippen MR) is 87.0 cm³/mol. The lowest BCUT2D eigenvalue weighted by Crippen LogP contribution is -2.17. The number of fused-ring (bicyclic) bond motifs is 1. The Morgan fingerprint density at radius 1 is 1.37 bits per heavy atom. The van der Waals surface area contributed by atoms with Crippen molar-refractivity contribution in [2.45, 2.75) is 25.3 Å². The molecular weight excluding hydrogens is 344 g/mol. The van der Waals surface area contributed by atoms with Crippen molar-refractivity contribution < 1.29 is 0 Å². The van der Waals surface area contributed by atoms with Crippen molar-refractivity contribution in [1.29, 1.82) is 0 Å². The number of benzene rings is 1. The van der Waals surface area contributed by atoms with Crippen LogP contribution in [0.5, 0.6) is 0 Å². The lowest BCUT2D eigenvalue weighted by atomic mass is 10.0. The summed E-state index contributed by atoms with van der Waals surface area (Å²) < 4.78 is 3.41. The molecule has 0 saturated carbocycles. The van der Waals surface area contributed by atoms with Gasteiger partial charge in [-0.3, -0.25) is 0 Å². The second-order valence-electron chi connectivity index (χ2n) is 4.96. The Labute approximate surface area is 131 Å². The third-order valence-electron chi connectivity index (χ3n) is 3.69. The number of hydrogen-bond donors (Lipinski definition) is 0. The third kappa shape index (κ3) is 2.96. The molecule has 0 unspecified atom stereocenters. The summed E-state index contributed by atoms with van der Waals surface area (Å²) >= 11 is 11.7. The minimum atomic E-state index is 0.480. The zero-order valence-corrected chi connectivity index (χ0v) is 13.8. The fourth-order valence-corrected chi connectivity index (χ4v) is 4.40. The topological polar surface area (TPSA) is 17.8 Å². The second kappa shape index (κ2) is 6.06. The van der Waals surface area contributed by atoms with Crippen LogP contribution in [0.3, 0.4) is 0 Å². The normalized spacial score (nSPS) is 17.2. The standard InChI is InChI=1S/C14H16BrClN2S/c15-11-1-2-12-13(7-11)18(14(8-16)17-12)9-10-3-5-19-6-4-10/h1-2,7,10H,3-6,8-9H2. The maximum absolute atomic E-state index is 6.06. The third-order valence-corrected chi connectivity index (χ3v) is 5.47. The number of imidazole rings is 1. The van der Waals surface area contributed by atoms with Crippen LogP contribution in [-0.2, 0) is 12.4 Å². The molecule has 0 N–H and O–H groups in total. The van der Waals surface area contributed by atoms with Gasteiger partial charge in [0.25, 0.3) is 0 Å². The number of thioether (sulfide) groups is 1. The van der Waals surface area contributed by atoms with Crippen LogP contribution in [0.2, 0.25) is 0 Å². The summed E-state index contributed by atoms with van der Waals surface area (Å²) in [6, 6.07) is 6.24. The van der Waals surface area contributed by atoms with E-state index >= 15 is 0 Å². The molecule has 1 aromatic heterocycles. The van der Waals surface area contributed by atoms with Gasteiger partial charge in [0, 0.05) is 11.0 Å². The van der Waals surface area contributed by atoms with Gasteiger partial charge in [0.05, 0.1) is 16.9 Å². The molecule has 1 aliphatic rings. The zero-order valence-electron chi connectivity index (χ0n) is 10.6. The summed E-state index contributed by atoms with van der Waals surface area (Å²) in [7, 11) is 0. The highest BCUT2D eigenvalue weighted by Gasteiger charge is 2.18. The molecule has 2 heterocycles. The van der Waals surface area contributed by atoms with E-state index in [1.807, 2.05) is 6.07 Å². The Bertz CT molecular complexity index is 578. The van der Waals surface area contributed by atoms with Crippen molar-refractivity contribution in [2.75, 3.05) is 11.5 Å². The number of aromatic nitrogens is 2. The molecule has 0 bridgehead atoms. The average Bonchev–Trinajstić information content (AvgIpc) is 2.78. The fraction of sp³-hybridized carbons (Fsp3) is 0.500. The van der Waals surface area contributed by atoms with Gasteiger partial charge in [-0.25, -0.2) is 4.98 Å². The molecule has 1 fully saturated rings. The molecule has 3 rings (SSSR count). The Balaban J connectivity index is 1.97. The van der Waals surface area contributed by atoms with E-state index in [0.29, 0.717) is 5.88 Å². The van der Waals surface area contributed by atoms with Gasteiger partial charge >= 0.3 is 0 Å². The molecule has 2 aromatic rings. The SMILES string of the molecule is ClCc1nc2ccc(Br)cc2n1CC1CCSCC1. The average molecular weight is 360 g/mol. The van der Waals surface area contributed by atoms with Gasteiger partial charge in [-0.15, -0.1) is 11.6 Å². The minimum absolute atomic E-state index is 0.480. The molecule has 2 nitrogen and oxygen atoms in total. The highest BCUT2D eigenvalue weighted by Crippen LogP contribution is 2.28. The van der Waals surface area contributed by atoms with Gasteiger partial charge in [-0.05, 0) is 48.5 Å². The molecule has 0 atom stereocenters. The van der Waals surface area contributed by atoms with Gasteiger partial charge in [-0.1, -0.05) is 15.9 Å². The quantitative estimate of drug-likeness (QED) is 0.740. The smallest absolute Gasteiger partial charge is 0.124 e. The number of alkyl halides is 1. The molecule has 19 heavy (non-hydrogen) atoms. The Morgan fingerprint density at radius 3 is 2.89 bits per heavy atom. The number of rotatable bonds is 3. The van der Waals surface area contributed by atoms with E-state index in [9.17, 15) is 0 Å². The van der Waals surface area contributed by atoms with Crippen molar-refractivity contribution in [1.82, 2.24) is 9.55 Å². The van der Waals surface area contributed by atoms with Crippen LogP contribution >= 0.6 is 39.3 Å². The molecule has 0 amide bonds. The first-order valence-electron chi connectivity index (χ1n) is 6.56. The molecule has 1 aromatic carbocycles. The van der Waals surface area contributed by atoms with Crippen LogP contribution in [0.1, 0.15) is 18.7 Å². The molecular formula is C14H16BrClN2S. The fourth-order valence-electron chi connectivity index (χ4n) is 2.64. The summed E-state index contributed by atoms with van der Waals surface area (Å²) in [6.45, 7) is 1.05. The highest BCUT2D eigenvalue weighted by atomic mass is 79.9. The van der Waals surface area contributed by atoms with Gasteiger partial charge in [0.2, 0.25) is 0 Å². The second-order valence-corrected chi connectivity index (χ2v) is 7.37. The first kappa shape index (κ1) is 13.8. The lowest BCUT2D eigenvalue weighted by Gasteiger charge is -2.22. The van der Waals surface area contributed by atoms with Gasteiger partial charge in [0.1, 0.15) is 5.82 Å². The first-order chi connectivity index (χ1) is 9.28. The minimum Gasteiger partial charge on any atom is -0.327 e. The van der Waals surface area contributed by atoms with Crippen molar-refractivity contribution in [2.24, 2.45) is 5.92 Å². The summed E-state index contributed by atoms with van der Waals surface area (Å²) in [4.78, 5) is 4.64. The molecule has 102 valence electrons.